The van der Waals surface area contributed by atoms with E-state index in [1.54, 1.807) is 22.9 Å². The standard InChI is InChI=1S/C16H17N5O3S2/c1-9(22)18-6-10-2-3-13(24-10)11-7-26-16(20-11)21-15(23)12-8-25-14(19-12)4-5-17/h2-3,7-8H,4-6,17H2,1H3,(H,18,22)(H,20,21,23). The van der Waals surface area contributed by atoms with E-state index < -0.39 is 0 Å². The van der Waals surface area contributed by atoms with Crippen LogP contribution in [0.3, 0.4) is 0 Å². The SMILES string of the molecule is CC(=O)NCc1ccc(-c2csc(NC(=O)c3csc(CCN)n3)n2)o1. The molecule has 0 spiro atoms. The number of rotatable bonds is 7. The molecule has 0 bridgehead atoms. The average molecular weight is 391 g/mol. The number of carbonyl (C=O) groups excluding carboxylic acids is 2. The van der Waals surface area contributed by atoms with Crippen LogP contribution in [0, 0.1) is 0 Å². The van der Waals surface area contributed by atoms with E-state index in [1.807, 2.05) is 0 Å². The molecular weight excluding hydrogens is 374 g/mol. The Balaban J connectivity index is 1.64. The van der Waals surface area contributed by atoms with Crippen molar-refractivity contribution in [3.05, 3.63) is 39.4 Å². The number of furan rings is 1. The minimum absolute atomic E-state index is 0.127. The van der Waals surface area contributed by atoms with Gasteiger partial charge in [0.1, 0.15) is 17.1 Å². The summed E-state index contributed by atoms with van der Waals surface area (Å²) in [6, 6.07) is 3.55. The zero-order valence-electron chi connectivity index (χ0n) is 13.9. The van der Waals surface area contributed by atoms with Crippen molar-refractivity contribution in [3.8, 4) is 11.5 Å². The highest BCUT2D eigenvalue weighted by atomic mass is 32.1. The van der Waals surface area contributed by atoms with Crippen molar-refractivity contribution in [1.29, 1.82) is 0 Å². The summed E-state index contributed by atoms with van der Waals surface area (Å²) in [5.74, 6) is 0.763. The van der Waals surface area contributed by atoms with Gasteiger partial charge >= 0.3 is 0 Å². The van der Waals surface area contributed by atoms with Crippen LogP contribution in [0.25, 0.3) is 11.5 Å². The quantitative estimate of drug-likeness (QED) is 0.568. The van der Waals surface area contributed by atoms with Gasteiger partial charge < -0.3 is 15.5 Å². The first-order chi connectivity index (χ1) is 12.5. The molecule has 0 atom stereocenters. The zero-order chi connectivity index (χ0) is 18.5. The van der Waals surface area contributed by atoms with Gasteiger partial charge in [-0.15, -0.1) is 22.7 Å². The normalized spacial score (nSPS) is 10.7. The molecule has 0 aromatic carbocycles. The molecule has 8 nitrogen and oxygen atoms in total. The number of thiazole rings is 2. The molecule has 3 rings (SSSR count). The summed E-state index contributed by atoms with van der Waals surface area (Å²) in [5.41, 5.74) is 6.46. The van der Waals surface area contributed by atoms with E-state index >= 15 is 0 Å². The van der Waals surface area contributed by atoms with Gasteiger partial charge in [-0.2, -0.15) is 0 Å². The minimum Gasteiger partial charge on any atom is -0.458 e. The molecule has 0 unspecified atom stereocenters. The first-order valence-corrected chi connectivity index (χ1v) is 9.56. The van der Waals surface area contributed by atoms with Crippen LogP contribution >= 0.6 is 22.7 Å². The first-order valence-electron chi connectivity index (χ1n) is 7.80. The number of nitrogens with two attached hydrogens (primary N) is 1. The van der Waals surface area contributed by atoms with Crippen LogP contribution in [0.4, 0.5) is 5.13 Å². The predicted octanol–water partition coefficient (Wildman–Crippen LogP) is 2.25. The molecular formula is C16H17N5O3S2. The van der Waals surface area contributed by atoms with Gasteiger partial charge in [0.15, 0.2) is 10.9 Å². The molecule has 2 amide bonds. The summed E-state index contributed by atoms with van der Waals surface area (Å²) in [6.45, 7) is 2.26. The highest BCUT2D eigenvalue weighted by Crippen LogP contribution is 2.27. The van der Waals surface area contributed by atoms with Crippen LogP contribution in [0.15, 0.2) is 27.3 Å². The number of carbonyl (C=O) groups is 2. The summed E-state index contributed by atoms with van der Waals surface area (Å²) in [4.78, 5) is 31.8. The topological polar surface area (TPSA) is 123 Å². The van der Waals surface area contributed by atoms with Crippen molar-refractivity contribution >= 4 is 39.6 Å². The molecule has 0 saturated heterocycles. The molecule has 10 heteroatoms. The fourth-order valence-corrected chi connectivity index (χ4v) is 3.57. The number of nitrogens with zero attached hydrogens (tertiary/aromatic N) is 2. The Morgan fingerprint density at radius 2 is 2.08 bits per heavy atom. The van der Waals surface area contributed by atoms with E-state index in [4.69, 9.17) is 10.2 Å². The lowest BCUT2D eigenvalue weighted by atomic mass is 10.3. The van der Waals surface area contributed by atoms with Gasteiger partial charge in [0, 0.05) is 24.1 Å². The second-order valence-electron chi connectivity index (χ2n) is 5.33. The molecule has 0 aliphatic rings. The maximum Gasteiger partial charge on any atom is 0.276 e. The van der Waals surface area contributed by atoms with E-state index in [0.717, 1.165) is 5.01 Å². The zero-order valence-corrected chi connectivity index (χ0v) is 15.6. The van der Waals surface area contributed by atoms with Gasteiger partial charge in [0.25, 0.3) is 5.91 Å². The smallest absolute Gasteiger partial charge is 0.276 e. The summed E-state index contributed by atoms with van der Waals surface area (Å²) >= 11 is 2.71. The van der Waals surface area contributed by atoms with Crippen LogP contribution in [0.1, 0.15) is 28.2 Å². The molecule has 26 heavy (non-hydrogen) atoms. The van der Waals surface area contributed by atoms with Gasteiger partial charge in [-0.3, -0.25) is 14.9 Å². The van der Waals surface area contributed by atoms with Crippen LogP contribution in [-0.2, 0) is 17.8 Å². The molecule has 136 valence electrons. The fraction of sp³-hybridized carbons (Fsp3) is 0.250. The number of aromatic nitrogens is 2. The average Bonchev–Trinajstić information content (AvgIpc) is 3.33. The third kappa shape index (κ3) is 4.54. The first kappa shape index (κ1) is 18.2. The Kier molecular flexibility index (Phi) is 5.76. The van der Waals surface area contributed by atoms with Crippen LogP contribution in [0.5, 0.6) is 0 Å². The van der Waals surface area contributed by atoms with Crippen LogP contribution in [-0.4, -0.2) is 28.3 Å². The summed E-state index contributed by atoms with van der Waals surface area (Å²) in [5, 5.41) is 10.2. The summed E-state index contributed by atoms with van der Waals surface area (Å²) < 4.78 is 5.65. The van der Waals surface area contributed by atoms with Crippen molar-refractivity contribution < 1.29 is 14.0 Å². The van der Waals surface area contributed by atoms with Gasteiger partial charge in [-0.05, 0) is 18.7 Å². The molecule has 0 aliphatic carbocycles. The van der Waals surface area contributed by atoms with Crippen molar-refractivity contribution in [1.82, 2.24) is 15.3 Å². The van der Waals surface area contributed by atoms with E-state index in [-0.39, 0.29) is 11.8 Å². The van der Waals surface area contributed by atoms with Gasteiger partial charge in [-0.1, -0.05) is 0 Å². The van der Waals surface area contributed by atoms with E-state index in [0.29, 0.717) is 47.6 Å². The summed E-state index contributed by atoms with van der Waals surface area (Å²) in [6.07, 6.45) is 0.651. The highest BCUT2D eigenvalue weighted by Gasteiger charge is 2.14. The number of nitrogens with one attached hydrogen (secondary N) is 2. The third-order valence-corrected chi connectivity index (χ3v) is 4.96. The highest BCUT2D eigenvalue weighted by molar-refractivity contribution is 7.14. The Morgan fingerprint density at radius 1 is 1.23 bits per heavy atom. The maximum absolute atomic E-state index is 12.2. The van der Waals surface area contributed by atoms with Crippen molar-refractivity contribution in [3.63, 3.8) is 0 Å². The monoisotopic (exact) mass is 391 g/mol. The molecule has 3 aromatic rings. The fourth-order valence-electron chi connectivity index (χ4n) is 2.08. The maximum atomic E-state index is 12.2. The minimum atomic E-state index is -0.309. The predicted molar refractivity (Wildman–Crippen MR) is 100 cm³/mol. The number of anilines is 1. The Labute approximate surface area is 157 Å². The van der Waals surface area contributed by atoms with Gasteiger partial charge in [-0.25, -0.2) is 9.97 Å². The number of hydrogen-bond donors (Lipinski definition) is 3. The molecule has 4 N–H and O–H groups in total. The molecule has 0 fully saturated rings. The van der Waals surface area contributed by atoms with Crippen molar-refractivity contribution in [2.24, 2.45) is 5.73 Å². The Bertz CT molecular complexity index is 915. The third-order valence-electron chi connectivity index (χ3n) is 3.29. The molecule has 0 aliphatic heterocycles. The van der Waals surface area contributed by atoms with Crippen molar-refractivity contribution in [2.75, 3.05) is 11.9 Å². The largest absolute Gasteiger partial charge is 0.458 e. The van der Waals surface area contributed by atoms with Gasteiger partial charge in [0.2, 0.25) is 5.91 Å². The Hall–Kier alpha value is -2.56. The lowest BCUT2D eigenvalue weighted by molar-refractivity contribution is -0.119. The second-order valence-corrected chi connectivity index (χ2v) is 7.13. The number of hydrogen-bond acceptors (Lipinski definition) is 8. The summed E-state index contributed by atoms with van der Waals surface area (Å²) in [7, 11) is 0. The van der Waals surface area contributed by atoms with Crippen molar-refractivity contribution in [2.45, 2.75) is 19.9 Å². The lowest BCUT2D eigenvalue weighted by Crippen LogP contribution is -2.18. The second kappa shape index (κ2) is 8.21. The van der Waals surface area contributed by atoms with Crippen LogP contribution < -0.4 is 16.4 Å². The lowest BCUT2D eigenvalue weighted by Gasteiger charge is -1.98. The molecule has 0 radical (unpaired) electrons. The van der Waals surface area contributed by atoms with Gasteiger partial charge in [0.05, 0.1) is 11.6 Å². The van der Waals surface area contributed by atoms with Crippen LogP contribution in [0.2, 0.25) is 0 Å². The number of amides is 2. The molecule has 0 saturated carbocycles. The van der Waals surface area contributed by atoms with E-state index in [9.17, 15) is 9.59 Å². The van der Waals surface area contributed by atoms with E-state index in [1.165, 1.54) is 29.6 Å². The van der Waals surface area contributed by atoms with E-state index in [2.05, 4.69) is 20.6 Å². The molecule has 3 aromatic heterocycles. The molecule has 3 heterocycles. The Morgan fingerprint density at radius 3 is 2.85 bits per heavy atom.